The van der Waals surface area contributed by atoms with Gasteiger partial charge in [-0.25, -0.2) is 0 Å². The molecule has 1 saturated heterocycles. The second-order valence-electron chi connectivity index (χ2n) is 9.13. The van der Waals surface area contributed by atoms with E-state index in [1.165, 1.54) is 0 Å². The molecule has 0 bridgehead atoms. The van der Waals surface area contributed by atoms with Gasteiger partial charge in [0.2, 0.25) is 5.91 Å². The zero-order chi connectivity index (χ0) is 22.4. The summed E-state index contributed by atoms with van der Waals surface area (Å²) in [5.41, 5.74) is 1.00. The van der Waals surface area contributed by atoms with E-state index in [0.29, 0.717) is 38.2 Å². The van der Waals surface area contributed by atoms with Crippen LogP contribution in [0.2, 0.25) is 0 Å². The Bertz CT molecular complexity index is 891. The van der Waals surface area contributed by atoms with Crippen LogP contribution < -0.4 is 4.74 Å². The van der Waals surface area contributed by atoms with Crippen LogP contribution >= 0.6 is 0 Å². The van der Waals surface area contributed by atoms with E-state index >= 15 is 0 Å². The summed E-state index contributed by atoms with van der Waals surface area (Å²) in [6.45, 7) is 2.09. The first-order valence-electron chi connectivity index (χ1n) is 11.7. The molecular formula is C24H32N4O4. The smallest absolute Gasteiger partial charge is 0.309 e. The summed E-state index contributed by atoms with van der Waals surface area (Å²) in [4.78, 5) is 30.8. The van der Waals surface area contributed by atoms with Gasteiger partial charge < -0.3 is 14.7 Å². The number of aromatic nitrogens is 3. The van der Waals surface area contributed by atoms with Crippen LogP contribution in [-0.2, 0) is 9.59 Å². The number of ether oxygens (including phenoxy) is 1. The van der Waals surface area contributed by atoms with Crippen molar-refractivity contribution in [1.82, 2.24) is 20.1 Å². The SMILES string of the molecule is O=C(CCC1(C(=O)O)CCCC1)N1CCCC(CCOc2ccc(-c3ccn[nH]3)nc2)C1. The van der Waals surface area contributed by atoms with E-state index < -0.39 is 11.4 Å². The molecule has 2 fully saturated rings. The third kappa shape index (κ3) is 5.29. The van der Waals surface area contributed by atoms with Crippen LogP contribution in [-0.4, -0.2) is 56.8 Å². The van der Waals surface area contributed by atoms with E-state index in [0.717, 1.165) is 62.3 Å². The molecule has 4 rings (SSSR count). The number of aliphatic carboxylic acids is 1. The topological polar surface area (TPSA) is 108 Å². The normalized spacial score (nSPS) is 20.2. The predicted molar refractivity (Wildman–Crippen MR) is 119 cm³/mol. The summed E-state index contributed by atoms with van der Waals surface area (Å²) in [7, 11) is 0. The summed E-state index contributed by atoms with van der Waals surface area (Å²) in [6, 6.07) is 5.67. The van der Waals surface area contributed by atoms with Gasteiger partial charge in [0.25, 0.3) is 0 Å². The molecule has 1 amide bonds. The number of carbonyl (C=O) groups excluding carboxylic acids is 1. The van der Waals surface area contributed by atoms with Crippen LogP contribution in [0.3, 0.4) is 0 Å². The third-order valence-corrected chi connectivity index (χ3v) is 7.01. The lowest BCUT2D eigenvalue weighted by Crippen LogP contribution is -2.41. The molecule has 2 N–H and O–H groups in total. The number of pyridine rings is 1. The van der Waals surface area contributed by atoms with Gasteiger partial charge in [0.05, 0.1) is 29.6 Å². The number of nitrogens with zero attached hydrogens (tertiary/aromatic N) is 3. The molecule has 2 aromatic rings. The summed E-state index contributed by atoms with van der Waals surface area (Å²) in [5, 5.41) is 16.5. The van der Waals surface area contributed by atoms with E-state index in [1.54, 1.807) is 12.4 Å². The monoisotopic (exact) mass is 440 g/mol. The van der Waals surface area contributed by atoms with Crippen LogP contribution in [0.5, 0.6) is 5.75 Å². The van der Waals surface area contributed by atoms with Gasteiger partial charge in [-0.05, 0) is 62.6 Å². The minimum atomic E-state index is -0.733. The number of rotatable bonds is 9. The highest BCUT2D eigenvalue weighted by Crippen LogP contribution is 2.42. The van der Waals surface area contributed by atoms with Crippen molar-refractivity contribution in [1.29, 1.82) is 0 Å². The number of nitrogens with one attached hydrogen (secondary N) is 1. The zero-order valence-electron chi connectivity index (χ0n) is 18.5. The first kappa shape index (κ1) is 22.3. The van der Waals surface area contributed by atoms with Crippen molar-refractivity contribution in [3.05, 3.63) is 30.6 Å². The molecule has 8 heteroatoms. The van der Waals surface area contributed by atoms with Crippen molar-refractivity contribution in [2.45, 2.75) is 57.8 Å². The highest BCUT2D eigenvalue weighted by Gasteiger charge is 2.41. The largest absolute Gasteiger partial charge is 0.492 e. The van der Waals surface area contributed by atoms with Gasteiger partial charge in [-0.2, -0.15) is 5.10 Å². The number of hydrogen-bond acceptors (Lipinski definition) is 5. The number of aromatic amines is 1. The fourth-order valence-electron chi connectivity index (χ4n) is 5.02. The Morgan fingerprint density at radius 2 is 2.06 bits per heavy atom. The van der Waals surface area contributed by atoms with Gasteiger partial charge in [0.1, 0.15) is 5.75 Å². The van der Waals surface area contributed by atoms with E-state index in [9.17, 15) is 14.7 Å². The van der Waals surface area contributed by atoms with E-state index in [4.69, 9.17) is 4.74 Å². The maximum Gasteiger partial charge on any atom is 0.309 e. The Kier molecular flexibility index (Phi) is 7.07. The fraction of sp³-hybridized carbons (Fsp3) is 0.583. The maximum atomic E-state index is 12.8. The van der Waals surface area contributed by atoms with Gasteiger partial charge >= 0.3 is 5.97 Å². The number of hydrogen-bond donors (Lipinski definition) is 2. The maximum absolute atomic E-state index is 12.8. The zero-order valence-corrected chi connectivity index (χ0v) is 18.5. The summed E-state index contributed by atoms with van der Waals surface area (Å²) >= 11 is 0. The van der Waals surface area contributed by atoms with Gasteiger partial charge in [-0.3, -0.25) is 19.7 Å². The number of amides is 1. The lowest BCUT2D eigenvalue weighted by atomic mass is 9.81. The number of likely N-dealkylation sites (tertiary alicyclic amines) is 1. The predicted octanol–water partition coefficient (Wildman–Crippen LogP) is 3.90. The molecule has 2 aliphatic rings. The molecule has 8 nitrogen and oxygen atoms in total. The van der Waals surface area contributed by atoms with Crippen LogP contribution in [0.1, 0.15) is 57.8 Å². The molecule has 1 unspecified atom stereocenters. The molecule has 32 heavy (non-hydrogen) atoms. The van der Waals surface area contributed by atoms with Gasteiger partial charge in [0, 0.05) is 25.7 Å². The van der Waals surface area contributed by atoms with Crippen LogP contribution in [0, 0.1) is 11.3 Å². The molecular weight excluding hydrogens is 408 g/mol. The van der Waals surface area contributed by atoms with Crippen LogP contribution in [0.25, 0.3) is 11.4 Å². The van der Waals surface area contributed by atoms with Crippen molar-refractivity contribution < 1.29 is 19.4 Å². The van der Waals surface area contributed by atoms with Gasteiger partial charge in [0.15, 0.2) is 0 Å². The standard InChI is InChI=1S/C24H32N4O4/c29-22(7-12-24(23(30)31)10-1-2-11-24)28-14-3-4-18(17-28)9-15-32-19-5-6-20(25-16-19)21-8-13-26-27-21/h5-6,8,13,16,18H,1-4,7,9-12,14-15,17H2,(H,26,27)(H,30,31). The second-order valence-corrected chi connectivity index (χ2v) is 9.13. The lowest BCUT2D eigenvalue weighted by Gasteiger charge is -2.33. The molecule has 0 aromatic carbocycles. The molecule has 0 spiro atoms. The second kappa shape index (κ2) is 10.1. The van der Waals surface area contributed by atoms with E-state index in [-0.39, 0.29) is 5.91 Å². The van der Waals surface area contributed by atoms with Crippen molar-refractivity contribution in [3.63, 3.8) is 0 Å². The molecule has 2 aromatic heterocycles. The van der Waals surface area contributed by atoms with Crippen molar-refractivity contribution in [3.8, 4) is 17.1 Å². The van der Waals surface area contributed by atoms with Crippen LogP contribution in [0.15, 0.2) is 30.6 Å². The average Bonchev–Trinajstić information content (AvgIpc) is 3.51. The molecule has 172 valence electrons. The highest BCUT2D eigenvalue weighted by atomic mass is 16.5. The van der Waals surface area contributed by atoms with E-state index in [1.807, 2.05) is 23.1 Å². The summed E-state index contributed by atoms with van der Waals surface area (Å²) < 4.78 is 5.87. The van der Waals surface area contributed by atoms with E-state index in [2.05, 4.69) is 15.2 Å². The number of carbonyl (C=O) groups is 2. The number of carboxylic acids is 1. The molecule has 1 atom stereocenters. The third-order valence-electron chi connectivity index (χ3n) is 7.01. The average molecular weight is 441 g/mol. The first-order valence-corrected chi connectivity index (χ1v) is 11.7. The Morgan fingerprint density at radius 3 is 2.75 bits per heavy atom. The van der Waals surface area contributed by atoms with Crippen molar-refractivity contribution in [2.75, 3.05) is 19.7 Å². The Labute approximate surface area is 188 Å². The van der Waals surface area contributed by atoms with Crippen molar-refractivity contribution in [2.24, 2.45) is 11.3 Å². The number of carboxylic acid groups (broad SMARTS) is 1. The van der Waals surface area contributed by atoms with Crippen molar-refractivity contribution >= 4 is 11.9 Å². The molecule has 1 aliphatic heterocycles. The number of H-pyrrole nitrogens is 1. The Hall–Kier alpha value is -2.90. The summed E-state index contributed by atoms with van der Waals surface area (Å²) in [5.74, 6) is 0.502. The lowest BCUT2D eigenvalue weighted by molar-refractivity contribution is -0.149. The molecule has 1 saturated carbocycles. The summed E-state index contributed by atoms with van der Waals surface area (Å²) in [6.07, 6.45) is 10.5. The minimum absolute atomic E-state index is 0.0988. The Balaban J connectivity index is 1.21. The Morgan fingerprint density at radius 1 is 1.22 bits per heavy atom. The molecule has 0 radical (unpaired) electrons. The first-order chi connectivity index (χ1) is 15.6. The fourth-order valence-corrected chi connectivity index (χ4v) is 5.02. The van der Waals surface area contributed by atoms with Crippen LogP contribution in [0.4, 0.5) is 0 Å². The quantitative estimate of drug-likeness (QED) is 0.612. The molecule has 1 aliphatic carbocycles. The number of piperidine rings is 1. The highest BCUT2D eigenvalue weighted by molar-refractivity contribution is 5.79. The van der Waals surface area contributed by atoms with Gasteiger partial charge in [-0.1, -0.05) is 12.8 Å². The minimum Gasteiger partial charge on any atom is -0.492 e. The molecule has 3 heterocycles. The van der Waals surface area contributed by atoms with Gasteiger partial charge in [-0.15, -0.1) is 0 Å².